The lowest BCUT2D eigenvalue weighted by atomic mass is 10.0. The quantitative estimate of drug-likeness (QED) is 0.677. The predicted octanol–water partition coefficient (Wildman–Crippen LogP) is 4.11. The molecule has 1 saturated heterocycles. The van der Waals surface area contributed by atoms with Crippen molar-refractivity contribution in [2.45, 2.75) is 64.0 Å². The van der Waals surface area contributed by atoms with Gasteiger partial charge in [-0.2, -0.15) is 5.26 Å². The highest BCUT2D eigenvalue weighted by Crippen LogP contribution is 2.26. The van der Waals surface area contributed by atoms with Gasteiger partial charge < -0.3 is 15.0 Å². The Morgan fingerprint density at radius 2 is 1.96 bits per heavy atom. The van der Waals surface area contributed by atoms with E-state index in [1.807, 2.05) is 6.07 Å². The molecule has 0 bridgehead atoms. The molecule has 0 atom stereocenters. The first-order valence-corrected chi connectivity index (χ1v) is 10.4. The summed E-state index contributed by atoms with van der Waals surface area (Å²) in [5, 5.41) is 12.3. The van der Waals surface area contributed by atoms with Gasteiger partial charge in [0.15, 0.2) is 0 Å². The van der Waals surface area contributed by atoms with Gasteiger partial charge in [-0.1, -0.05) is 25.0 Å². The molecule has 4 nitrogen and oxygen atoms in total. The molecule has 1 heterocycles. The van der Waals surface area contributed by atoms with Crippen LogP contribution >= 0.6 is 0 Å². The number of hydrogen-bond acceptors (Lipinski definition) is 4. The van der Waals surface area contributed by atoms with Crippen LogP contribution in [0.3, 0.4) is 0 Å². The number of piperidine rings is 1. The SMILES string of the molecule is N#CCCCOc1cccc(CNC2CCN(CC3CCCC3)CC2)c1. The van der Waals surface area contributed by atoms with E-state index in [4.69, 9.17) is 10.00 Å². The first-order valence-electron chi connectivity index (χ1n) is 10.4. The maximum Gasteiger partial charge on any atom is 0.119 e. The molecule has 1 saturated carbocycles. The Kier molecular flexibility index (Phi) is 7.79. The van der Waals surface area contributed by atoms with Crippen LogP contribution in [0, 0.1) is 17.2 Å². The fraction of sp³-hybridized carbons (Fsp3) is 0.682. The maximum atomic E-state index is 8.57. The fourth-order valence-electron chi connectivity index (χ4n) is 4.23. The van der Waals surface area contributed by atoms with E-state index in [9.17, 15) is 0 Å². The minimum absolute atomic E-state index is 0.556. The van der Waals surface area contributed by atoms with E-state index in [1.54, 1.807) is 0 Å². The standard InChI is InChI=1S/C22H33N3O/c23-12-3-4-15-26-22-9-5-8-20(16-22)17-24-21-10-13-25(14-11-21)18-19-6-1-2-7-19/h5,8-9,16,19,21,24H,1-4,6-7,10-11,13-15,17-18H2. The molecule has 2 fully saturated rings. The minimum atomic E-state index is 0.556. The summed E-state index contributed by atoms with van der Waals surface area (Å²) in [5.41, 5.74) is 1.27. The lowest BCUT2D eigenvalue weighted by molar-refractivity contribution is 0.172. The van der Waals surface area contributed by atoms with Gasteiger partial charge in [0.25, 0.3) is 0 Å². The van der Waals surface area contributed by atoms with Crippen LogP contribution in [0.2, 0.25) is 0 Å². The highest BCUT2D eigenvalue weighted by atomic mass is 16.5. The second-order valence-electron chi connectivity index (χ2n) is 7.86. The van der Waals surface area contributed by atoms with Gasteiger partial charge in [-0.15, -0.1) is 0 Å². The van der Waals surface area contributed by atoms with Crippen molar-refractivity contribution in [3.8, 4) is 11.8 Å². The van der Waals surface area contributed by atoms with E-state index in [1.165, 1.54) is 63.7 Å². The van der Waals surface area contributed by atoms with Crippen molar-refractivity contribution in [2.75, 3.05) is 26.2 Å². The van der Waals surface area contributed by atoms with E-state index in [-0.39, 0.29) is 0 Å². The maximum absolute atomic E-state index is 8.57. The number of benzene rings is 1. The average Bonchev–Trinajstić information content (AvgIpc) is 3.18. The molecule has 0 radical (unpaired) electrons. The number of ether oxygens (including phenoxy) is 1. The van der Waals surface area contributed by atoms with Crippen molar-refractivity contribution < 1.29 is 4.74 Å². The van der Waals surface area contributed by atoms with Crippen molar-refractivity contribution in [3.63, 3.8) is 0 Å². The topological polar surface area (TPSA) is 48.3 Å². The van der Waals surface area contributed by atoms with Crippen LogP contribution in [-0.4, -0.2) is 37.2 Å². The zero-order chi connectivity index (χ0) is 18.0. The fourth-order valence-corrected chi connectivity index (χ4v) is 4.23. The van der Waals surface area contributed by atoms with Gasteiger partial charge in [0.05, 0.1) is 12.7 Å². The molecule has 0 aromatic heterocycles. The Morgan fingerprint density at radius 3 is 2.73 bits per heavy atom. The molecule has 4 heteroatoms. The van der Waals surface area contributed by atoms with Crippen LogP contribution in [-0.2, 0) is 6.54 Å². The van der Waals surface area contributed by atoms with Crippen LogP contribution in [0.1, 0.15) is 56.9 Å². The van der Waals surface area contributed by atoms with Crippen LogP contribution in [0.15, 0.2) is 24.3 Å². The second kappa shape index (κ2) is 10.5. The largest absolute Gasteiger partial charge is 0.494 e. The Labute approximate surface area is 158 Å². The molecule has 0 unspecified atom stereocenters. The first-order chi connectivity index (χ1) is 12.8. The normalized spacial score (nSPS) is 19.5. The molecule has 0 amide bonds. The van der Waals surface area contributed by atoms with Gasteiger partial charge in [0.2, 0.25) is 0 Å². The summed E-state index contributed by atoms with van der Waals surface area (Å²) in [6, 6.07) is 11.1. The molecule has 1 aliphatic heterocycles. The number of rotatable bonds is 9. The smallest absolute Gasteiger partial charge is 0.119 e. The molecule has 3 rings (SSSR count). The third-order valence-corrected chi connectivity index (χ3v) is 5.77. The van der Waals surface area contributed by atoms with Crippen molar-refractivity contribution in [1.82, 2.24) is 10.2 Å². The highest BCUT2D eigenvalue weighted by molar-refractivity contribution is 5.28. The molecule has 1 N–H and O–H groups in total. The van der Waals surface area contributed by atoms with Crippen LogP contribution in [0.5, 0.6) is 5.75 Å². The molecule has 1 aliphatic carbocycles. The summed E-state index contributed by atoms with van der Waals surface area (Å²) >= 11 is 0. The van der Waals surface area contributed by atoms with Gasteiger partial charge in [-0.25, -0.2) is 0 Å². The summed E-state index contributed by atoms with van der Waals surface area (Å²) in [5.74, 6) is 1.88. The highest BCUT2D eigenvalue weighted by Gasteiger charge is 2.23. The van der Waals surface area contributed by atoms with E-state index in [2.05, 4.69) is 34.5 Å². The van der Waals surface area contributed by atoms with Crippen LogP contribution in [0.25, 0.3) is 0 Å². The van der Waals surface area contributed by atoms with E-state index in [0.717, 1.165) is 24.6 Å². The van der Waals surface area contributed by atoms with Crippen LogP contribution < -0.4 is 10.1 Å². The van der Waals surface area contributed by atoms with Gasteiger partial charge in [0.1, 0.15) is 5.75 Å². The summed E-state index contributed by atoms with van der Waals surface area (Å²) in [6.07, 6.45) is 9.67. The van der Waals surface area contributed by atoms with E-state index >= 15 is 0 Å². The Bertz CT molecular complexity index is 569. The lowest BCUT2D eigenvalue weighted by Crippen LogP contribution is -2.43. The molecular formula is C22H33N3O. The third-order valence-electron chi connectivity index (χ3n) is 5.77. The lowest BCUT2D eigenvalue weighted by Gasteiger charge is -2.34. The van der Waals surface area contributed by atoms with Gasteiger partial charge in [-0.05, 0) is 68.8 Å². The third kappa shape index (κ3) is 6.30. The second-order valence-corrected chi connectivity index (χ2v) is 7.86. The molecule has 2 aliphatic rings. The van der Waals surface area contributed by atoms with Gasteiger partial charge in [-0.3, -0.25) is 0 Å². The van der Waals surface area contributed by atoms with E-state index in [0.29, 0.717) is 19.1 Å². The number of hydrogen-bond donors (Lipinski definition) is 1. The molecular weight excluding hydrogens is 322 g/mol. The van der Waals surface area contributed by atoms with Gasteiger partial charge in [0, 0.05) is 25.6 Å². The Morgan fingerprint density at radius 1 is 1.15 bits per heavy atom. The number of nitrogens with zero attached hydrogens (tertiary/aromatic N) is 2. The van der Waals surface area contributed by atoms with Gasteiger partial charge >= 0.3 is 0 Å². The number of likely N-dealkylation sites (tertiary alicyclic amines) is 1. The Hall–Kier alpha value is -1.57. The summed E-state index contributed by atoms with van der Waals surface area (Å²) in [7, 11) is 0. The molecule has 26 heavy (non-hydrogen) atoms. The number of nitriles is 1. The summed E-state index contributed by atoms with van der Waals surface area (Å²) in [6.45, 7) is 5.34. The molecule has 142 valence electrons. The number of nitrogens with one attached hydrogen (secondary N) is 1. The minimum Gasteiger partial charge on any atom is -0.494 e. The predicted molar refractivity (Wildman–Crippen MR) is 105 cm³/mol. The van der Waals surface area contributed by atoms with Crippen LogP contribution in [0.4, 0.5) is 0 Å². The number of unbranched alkanes of at least 4 members (excludes halogenated alkanes) is 1. The summed E-state index contributed by atoms with van der Waals surface area (Å²) in [4.78, 5) is 2.68. The molecule has 0 spiro atoms. The monoisotopic (exact) mass is 355 g/mol. The van der Waals surface area contributed by atoms with Crippen molar-refractivity contribution >= 4 is 0 Å². The zero-order valence-corrected chi connectivity index (χ0v) is 16.0. The summed E-state index contributed by atoms with van der Waals surface area (Å²) < 4.78 is 5.73. The van der Waals surface area contributed by atoms with Crippen molar-refractivity contribution in [1.29, 1.82) is 5.26 Å². The van der Waals surface area contributed by atoms with Crippen molar-refractivity contribution in [2.24, 2.45) is 5.92 Å². The first kappa shape index (κ1) is 19.2. The van der Waals surface area contributed by atoms with E-state index < -0.39 is 0 Å². The molecule has 1 aromatic carbocycles. The Balaban J connectivity index is 1.35. The average molecular weight is 356 g/mol. The zero-order valence-electron chi connectivity index (χ0n) is 16.0. The molecule has 1 aromatic rings. The van der Waals surface area contributed by atoms with Crippen molar-refractivity contribution in [3.05, 3.63) is 29.8 Å².